The third-order valence-corrected chi connectivity index (χ3v) is 6.99. The van der Waals surface area contributed by atoms with Crippen LogP contribution in [0.25, 0.3) is 22.5 Å². The molecule has 0 saturated carbocycles. The lowest BCUT2D eigenvalue weighted by atomic mass is 9.99. The molecule has 0 unspecified atom stereocenters. The van der Waals surface area contributed by atoms with Gasteiger partial charge >= 0.3 is 18.0 Å². The predicted molar refractivity (Wildman–Crippen MR) is 144 cm³/mol. The number of hydrogen-bond acceptors (Lipinski definition) is 5. The molecular formula is C26H20Cl3F3N4O4. The summed E-state index contributed by atoms with van der Waals surface area (Å²) < 4.78 is 46.2. The molecule has 40 heavy (non-hydrogen) atoms. The predicted octanol–water partition coefficient (Wildman–Crippen LogP) is 5.91. The fraction of sp³-hybridized carbons (Fsp3) is 0.192. The molecule has 0 bridgehead atoms. The number of rotatable bonds is 8. The summed E-state index contributed by atoms with van der Waals surface area (Å²) in [6.45, 7) is -1.57. The van der Waals surface area contributed by atoms with Crippen molar-refractivity contribution in [1.82, 2.24) is 14.3 Å². The van der Waals surface area contributed by atoms with Gasteiger partial charge in [0, 0.05) is 16.1 Å². The SMILES string of the molecule is NC(=O)OCc1ccc(-c2cccc(Cl)c2Cl)cc1Cn1nc(-c2ccc(Cl)cc2)n(C[C@H](O)C(F)(F)F)c1=O. The number of aliphatic hydroxyl groups is 1. The topological polar surface area (TPSA) is 112 Å². The number of halogens is 6. The Labute approximate surface area is 240 Å². The van der Waals surface area contributed by atoms with Crippen LogP contribution in [0.4, 0.5) is 18.0 Å². The number of benzene rings is 3. The van der Waals surface area contributed by atoms with Crippen molar-refractivity contribution in [2.45, 2.75) is 32.0 Å². The van der Waals surface area contributed by atoms with E-state index >= 15 is 0 Å². The molecule has 0 radical (unpaired) electrons. The van der Waals surface area contributed by atoms with E-state index in [1.807, 2.05) is 0 Å². The number of alkyl halides is 3. The highest BCUT2D eigenvalue weighted by molar-refractivity contribution is 6.43. The Morgan fingerprint density at radius 1 is 1.02 bits per heavy atom. The maximum absolute atomic E-state index is 13.3. The van der Waals surface area contributed by atoms with Crippen molar-refractivity contribution in [2.75, 3.05) is 0 Å². The van der Waals surface area contributed by atoms with Crippen molar-refractivity contribution in [1.29, 1.82) is 0 Å². The molecule has 1 heterocycles. The summed E-state index contributed by atoms with van der Waals surface area (Å²) in [6, 6.07) is 16.0. The average molecular weight is 616 g/mol. The van der Waals surface area contributed by atoms with Gasteiger partial charge in [0.1, 0.15) is 6.61 Å². The molecule has 0 aliphatic carbocycles. The molecule has 0 aliphatic heterocycles. The van der Waals surface area contributed by atoms with Crippen LogP contribution in [0.3, 0.4) is 0 Å². The highest BCUT2D eigenvalue weighted by Gasteiger charge is 2.39. The minimum Gasteiger partial charge on any atom is -0.445 e. The van der Waals surface area contributed by atoms with Crippen LogP contribution in [-0.2, 0) is 24.4 Å². The first-order chi connectivity index (χ1) is 18.8. The molecule has 8 nitrogen and oxygen atoms in total. The van der Waals surface area contributed by atoms with E-state index in [-0.39, 0.29) is 24.0 Å². The number of aliphatic hydroxyl groups excluding tert-OH is 1. The summed E-state index contributed by atoms with van der Waals surface area (Å²) in [6.07, 6.45) is -8.81. The van der Waals surface area contributed by atoms with Gasteiger partial charge in [-0.15, -0.1) is 5.10 Å². The summed E-state index contributed by atoms with van der Waals surface area (Å²) in [5.41, 5.74) is 6.55. The second-order valence-corrected chi connectivity index (χ2v) is 9.85. The van der Waals surface area contributed by atoms with Gasteiger partial charge in [-0.25, -0.2) is 14.3 Å². The molecule has 1 amide bonds. The Hall–Kier alpha value is -3.51. The monoisotopic (exact) mass is 614 g/mol. The zero-order valence-corrected chi connectivity index (χ0v) is 22.6. The van der Waals surface area contributed by atoms with Gasteiger partial charge in [0.05, 0.1) is 23.1 Å². The number of nitrogens with zero attached hydrogens (tertiary/aromatic N) is 3. The number of hydrogen-bond donors (Lipinski definition) is 2. The van der Waals surface area contributed by atoms with Crippen LogP contribution in [0.1, 0.15) is 11.1 Å². The Morgan fingerprint density at radius 3 is 2.35 bits per heavy atom. The van der Waals surface area contributed by atoms with Gasteiger partial charge in [-0.2, -0.15) is 13.2 Å². The number of amides is 1. The second kappa shape index (κ2) is 11.9. The molecule has 0 aliphatic rings. The Bertz CT molecular complexity index is 1600. The van der Waals surface area contributed by atoms with E-state index in [0.717, 1.165) is 9.25 Å². The van der Waals surface area contributed by atoms with Crippen molar-refractivity contribution < 1.29 is 27.8 Å². The van der Waals surface area contributed by atoms with Crippen LogP contribution < -0.4 is 11.4 Å². The van der Waals surface area contributed by atoms with Crippen molar-refractivity contribution >= 4 is 40.9 Å². The van der Waals surface area contributed by atoms with Crippen molar-refractivity contribution in [2.24, 2.45) is 5.73 Å². The molecule has 1 aromatic heterocycles. The van der Waals surface area contributed by atoms with Gasteiger partial charge in [0.2, 0.25) is 0 Å². The lowest BCUT2D eigenvalue weighted by Crippen LogP contribution is -2.37. The summed E-state index contributed by atoms with van der Waals surface area (Å²) in [5.74, 6) is -0.117. The molecule has 210 valence electrons. The molecule has 0 saturated heterocycles. The van der Waals surface area contributed by atoms with E-state index in [0.29, 0.717) is 37.9 Å². The van der Waals surface area contributed by atoms with Gasteiger partial charge in [-0.3, -0.25) is 4.57 Å². The van der Waals surface area contributed by atoms with E-state index in [2.05, 4.69) is 5.10 Å². The smallest absolute Gasteiger partial charge is 0.416 e. The maximum atomic E-state index is 13.3. The summed E-state index contributed by atoms with van der Waals surface area (Å²) >= 11 is 18.5. The van der Waals surface area contributed by atoms with E-state index < -0.39 is 30.6 Å². The van der Waals surface area contributed by atoms with Gasteiger partial charge in [-0.1, -0.05) is 59.1 Å². The molecule has 14 heteroatoms. The van der Waals surface area contributed by atoms with Gasteiger partial charge in [-0.05, 0) is 53.1 Å². The highest BCUT2D eigenvalue weighted by Crippen LogP contribution is 2.34. The molecule has 0 spiro atoms. The second-order valence-electron chi connectivity index (χ2n) is 8.63. The standard InChI is InChI=1S/C26H20Cl3F3N4O4/c27-18-8-6-14(7-9-18)23-34-36(25(39)35(23)12-21(37)26(30,31)32)11-17-10-15(4-5-16(17)13-40-24(33)38)19-2-1-3-20(28)22(19)29/h1-10,21,37H,11-13H2,(H2,33,38)/t21-/m0/s1. The van der Waals surface area contributed by atoms with Crippen LogP contribution in [0.15, 0.2) is 65.5 Å². The first-order valence-corrected chi connectivity index (χ1v) is 12.7. The minimum atomic E-state index is -4.97. The average Bonchev–Trinajstić information content (AvgIpc) is 3.19. The van der Waals surface area contributed by atoms with Crippen molar-refractivity contribution in [3.8, 4) is 22.5 Å². The molecule has 0 fully saturated rings. The van der Waals surface area contributed by atoms with Crippen LogP contribution in [0.2, 0.25) is 15.1 Å². The van der Waals surface area contributed by atoms with Gasteiger partial charge in [0.15, 0.2) is 11.9 Å². The fourth-order valence-corrected chi connectivity index (χ4v) is 4.45. The number of carbonyl (C=O) groups excluding carboxylic acids is 1. The van der Waals surface area contributed by atoms with Crippen LogP contribution >= 0.6 is 34.8 Å². The van der Waals surface area contributed by atoms with Crippen LogP contribution in [0, 0.1) is 0 Å². The molecule has 3 aromatic carbocycles. The van der Waals surface area contributed by atoms with Crippen molar-refractivity contribution in [3.05, 3.63) is 97.3 Å². The quantitative estimate of drug-likeness (QED) is 0.256. The summed E-state index contributed by atoms with van der Waals surface area (Å²) in [4.78, 5) is 24.6. The molecule has 4 aromatic rings. The third kappa shape index (κ3) is 6.61. The zero-order valence-electron chi connectivity index (χ0n) is 20.3. The van der Waals surface area contributed by atoms with E-state index in [9.17, 15) is 27.9 Å². The van der Waals surface area contributed by atoms with E-state index in [1.54, 1.807) is 36.4 Å². The van der Waals surface area contributed by atoms with Gasteiger partial charge in [0.25, 0.3) is 0 Å². The number of ether oxygens (including phenoxy) is 1. The van der Waals surface area contributed by atoms with Crippen LogP contribution in [-0.4, -0.2) is 37.8 Å². The summed E-state index contributed by atoms with van der Waals surface area (Å²) in [5, 5.41) is 15.0. The number of nitrogens with two attached hydrogens (primary N) is 1. The Kier molecular flexibility index (Phi) is 8.79. The van der Waals surface area contributed by atoms with E-state index in [4.69, 9.17) is 45.3 Å². The van der Waals surface area contributed by atoms with Gasteiger partial charge < -0.3 is 15.6 Å². The zero-order chi connectivity index (χ0) is 29.2. The van der Waals surface area contributed by atoms with Crippen LogP contribution in [0.5, 0.6) is 0 Å². The molecule has 1 atom stereocenters. The summed E-state index contributed by atoms with van der Waals surface area (Å²) in [7, 11) is 0. The maximum Gasteiger partial charge on any atom is 0.416 e. The fourth-order valence-electron chi connectivity index (χ4n) is 3.92. The molecule has 3 N–H and O–H groups in total. The van der Waals surface area contributed by atoms with Crippen molar-refractivity contribution in [3.63, 3.8) is 0 Å². The minimum absolute atomic E-state index is 0.117. The third-order valence-electron chi connectivity index (χ3n) is 5.92. The number of aromatic nitrogens is 3. The largest absolute Gasteiger partial charge is 0.445 e. The normalized spacial score (nSPS) is 12.4. The number of primary amides is 1. The molecule has 4 rings (SSSR count). The lowest BCUT2D eigenvalue weighted by Gasteiger charge is -2.15. The number of carbonyl (C=O) groups is 1. The first kappa shape index (κ1) is 29.5. The lowest BCUT2D eigenvalue weighted by molar-refractivity contribution is -0.207. The Balaban J connectivity index is 1.83. The molecular weight excluding hydrogens is 596 g/mol. The first-order valence-electron chi connectivity index (χ1n) is 11.5. The van der Waals surface area contributed by atoms with E-state index in [1.165, 1.54) is 24.3 Å². The Morgan fingerprint density at radius 2 is 1.70 bits per heavy atom. The highest BCUT2D eigenvalue weighted by atomic mass is 35.5.